The summed E-state index contributed by atoms with van der Waals surface area (Å²) in [7, 11) is -1.00. The first-order chi connectivity index (χ1) is 7.61. The van der Waals surface area contributed by atoms with Gasteiger partial charge in [-0.05, 0) is 24.6 Å². The average molecular weight is 254 g/mol. The zero-order valence-corrected chi connectivity index (χ0v) is 10.9. The molecule has 2 N–H and O–H groups in total. The van der Waals surface area contributed by atoms with E-state index in [1.165, 1.54) is 11.3 Å². The Hall–Kier alpha value is -0.940. The van der Waals surface area contributed by atoms with E-state index in [2.05, 4.69) is 4.98 Å². The highest BCUT2D eigenvalue weighted by molar-refractivity contribution is 7.87. The maximum absolute atomic E-state index is 12.1. The Bertz CT molecular complexity index is 536. The molecule has 16 heavy (non-hydrogen) atoms. The Kier molecular flexibility index (Phi) is 3.25. The summed E-state index contributed by atoms with van der Waals surface area (Å²) in [6.45, 7) is 4.02. The van der Waals surface area contributed by atoms with Crippen LogP contribution in [0.3, 0.4) is 0 Å². The van der Waals surface area contributed by atoms with Crippen LogP contribution in [0.1, 0.15) is 20.3 Å². The van der Waals surface area contributed by atoms with Crippen LogP contribution in [0.15, 0.2) is 22.5 Å². The van der Waals surface area contributed by atoms with Crippen molar-refractivity contribution in [3.63, 3.8) is 0 Å². The molecule has 1 heterocycles. The monoisotopic (exact) mass is 254 g/mol. The van der Waals surface area contributed by atoms with Gasteiger partial charge < -0.3 is 5.73 Å². The second-order valence-corrected chi connectivity index (χ2v) is 6.80. The first-order valence-corrected chi connectivity index (χ1v) is 7.21. The van der Waals surface area contributed by atoms with Crippen LogP contribution in [-0.4, -0.2) is 14.4 Å². The fourth-order valence-corrected chi connectivity index (χ4v) is 4.00. The van der Waals surface area contributed by atoms with Crippen molar-refractivity contribution in [3.05, 3.63) is 18.2 Å². The predicted octanol–water partition coefficient (Wildman–Crippen LogP) is 2.78. The lowest BCUT2D eigenvalue weighted by atomic mass is 10.3. The molecule has 2 atom stereocenters. The number of nitrogens with two attached hydrogens (primary N) is 1. The van der Waals surface area contributed by atoms with Crippen molar-refractivity contribution in [1.82, 2.24) is 4.98 Å². The lowest BCUT2D eigenvalue weighted by Gasteiger charge is -2.03. The minimum Gasteiger partial charge on any atom is -0.399 e. The van der Waals surface area contributed by atoms with Gasteiger partial charge in [0.25, 0.3) is 0 Å². The number of hydrogen-bond acceptors (Lipinski definition) is 4. The summed E-state index contributed by atoms with van der Waals surface area (Å²) in [4.78, 5) is 4.39. The Balaban J connectivity index is 2.43. The highest BCUT2D eigenvalue weighted by Crippen LogP contribution is 2.27. The third kappa shape index (κ3) is 2.10. The van der Waals surface area contributed by atoms with Crippen molar-refractivity contribution in [3.8, 4) is 0 Å². The lowest BCUT2D eigenvalue weighted by Crippen LogP contribution is -2.08. The van der Waals surface area contributed by atoms with Gasteiger partial charge in [0.2, 0.25) is 0 Å². The van der Waals surface area contributed by atoms with Crippen molar-refractivity contribution < 1.29 is 4.21 Å². The first kappa shape index (κ1) is 11.5. The summed E-state index contributed by atoms with van der Waals surface area (Å²) in [5.41, 5.74) is 7.30. The van der Waals surface area contributed by atoms with E-state index in [9.17, 15) is 4.21 Å². The van der Waals surface area contributed by atoms with Crippen molar-refractivity contribution in [2.75, 3.05) is 5.73 Å². The summed E-state index contributed by atoms with van der Waals surface area (Å²) in [5.74, 6) is 0. The molecule has 0 aliphatic heterocycles. The van der Waals surface area contributed by atoms with Crippen molar-refractivity contribution >= 4 is 38.0 Å². The van der Waals surface area contributed by atoms with E-state index in [0.29, 0.717) is 4.34 Å². The molecule has 0 aliphatic carbocycles. The Morgan fingerprint density at radius 2 is 2.31 bits per heavy atom. The molecule has 86 valence electrons. The highest BCUT2D eigenvalue weighted by Gasteiger charge is 2.15. The van der Waals surface area contributed by atoms with E-state index in [-0.39, 0.29) is 5.25 Å². The SMILES string of the molecule is CCC(C)S(=O)c1nc2ccc(N)cc2s1. The van der Waals surface area contributed by atoms with E-state index in [0.717, 1.165) is 22.3 Å². The van der Waals surface area contributed by atoms with Crippen LogP contribution in [-0.2, 0) is 10.8 Å². The number of hydrogen-bond donors (Lipinski definition) is 1. The molecule has 2 unspecified atom stereocenters. The molecular formula is C11H14N2OS2. The molecule has 0 aliphatic rings. The van der Waals surface area contributed by atoms with Gasteiger partial charge in [-0.1, -0.05) is 13.8 Å². The van der Waals surface area contributed by atoms with Crippen LogP contribution in [0.4, 0.5) is 5.69 Å². The van der Waals surface area contributed by atoms with Crippen LogP contribution < -0.4 is 5.73 Å². The second kappa shape index (κ2) is 4.51. The van der Waals surface area contributed by atoms with Gasteiger partial charge in [0.1, 0.15) is 0 Å². The predicted molar refractivity (Wildman–Crippen MR) is 70.2 cm³/mol. The molecule has 1 aromatic heterocycles. The van der Waals surface area contributed by atoms with E-state index < -0.39 is 10.8 Å². The molecule has 0 saturated heterocycles. The lowest BCUT2D eigenvalue weighted by molar-refractivity contribution is 0.670. The van der Waals surface area contributed by atoms with E-state index >= 15 is 0 Å². The summed E-state index contributed by atoms with van der Waals surface area (Å²) in [5, 5.41) is 0.151. The molecule has 0 fully saturated rings. The zero-order chi connectivity index (χ0) is 11.7. The Morgan fingerprint density at radius 3 is 3.00 bits per heavy atom. The standard InChI is InChI=1S/C11H14N2OS2/c1-3-7(2)16(14)11-13-9-5-4-8(12)6-10(9)15-11/h4-7H,3,12H2,1-2H3. The number of nitrogens with zero attached hydrogens (tertiary/aromatic N) is 1. The molecule has 5 heteroatoms. The molecule has 0 amide bonds. The average Bonchev–Trinajstić information content (AvgIpc) is 2.69. The van der Waals surface area contributed by atoms with E-state index in [4.69, 9.17) is 5.73 Å². The first-order valence-electron chi connectivity index (χ1n) is 5.18. The normalized spacial score (nSPS) is 15.1. The number of benzene rings is 1. The smallest absolute Gasteiger partial charge is 0.182 e. The van der Waals surface area contributed by atoms with Crippen LogP contribution in [0, 0.1) is 0 Å². The zero-order valence-electron chi connectivity index (χ0n) is 9.27. The maximum Gasteiger partial charge on any atom is 0.182 e. The summed E-state index contributed by atoms with van der Waals surface area (Å²) >= 11 is 1.47. The van der Waals surface area contributed by atoms with Crippen molar-refractivity contribution in [1.29, 1.82) is 0 Å². The third-order valence-corrected chi connectivity index (χ3v) is 5.56. The Labute approximate surface area is 101 Å². The molecule has 0 saturated carbocycles. The Morgan fingerprint density at radius 1 is 1.56 bits per heavy atom. The van der Waals surface area contributed by atoms with Crippen LogP contribution in [0.25, 0.3) is 10.2 Å². The van der Waals surface area contributed by atoms with Crippen LogP contribution in [0.2, 0.25) is 0 Å². The number of rotatable bonds is 3. The number of anilines is 1. The fraction of sp³-hybridized carbons (Fsp3) is 0.364. The van der Waals surface area contributed by atoms with Gasteiger partial charge in [-0.15, -0.1) is 11.3 Å². The molecule has 3 nitrogen and oxygen atoms in total. The van der Waals surface area contributed by atoms with Gasteiger partial charge in [0.05, 0.1) is 21.0 Å². The summed E-state index contributed by atoms with van der Waals surface area (Å²) in [6.07, 6.45) is 0.894. The van der Waals surface area contributed by atoms with Gasteiger partial charge >= 0.3 is 0 Å². The van der Waals surface area contributed by atoms with Crippen molar-refractivity contribution in [2.45, 2.75) is 29.9 Å². The van der Waals surface area contributed by atoms with Gasteiger partial charge in [-0.3, -0.25) is 4.21 Å². The summed E-state index contributed by atoms with van der Waals surface area (Å²) in [6, 6.07) is 5.57. The van der Waals surface area contributed by atoms with Gasteiger partial charge in [-0.2, -0.15) is 0 Å². The molecule has 0 radical (unpaired) electrons. The van der Waals surface area contributed by atoms with Gasteiger partial charge in [0, 0.05) is 10.9 Å². The number of aromatic nitrogens is 1. The third-order valence-electron chi connectivity index (χ3n) is 2.51. The van der Waals surface area contributed by atoms with Crippen molar-refractivity contribution in [2.24, 2.45) is 0 Å². The van der Waals surface area contributed by atoms with Crippen LogP contribution >= 0.6 is 11.3 Å². The van der Waals surface area contributed by atoms with Gasteiger partial charge in [0.15, 0.2) is 4.34 Å². The summed E-state index contributed by atoms with van der Waals surface area (Å²) < 4.78 is 13.8. The molecule has 0 spiro atoms. The van der Waals surface area contributed by atoms with Crippen LogP contribution in [0.5, 0.6) is 0 Å². The largest absolute Gasteiger partial charge is 0.399 e. The molecular weight excluding hydrogens is 240 g/mol. The van der Waals surface area contributed by atoms with E-state index in [1.54, 1.807) is 0 Å². The van der Waals surface area contributed by atoms with Gasteiger partial charge in [-0.25, -0.2) is 4.98 Å². The number of thiazole rings is 1. The topological polar surface area (TPSA) is 56.0 Å². The fourth-order valence-electron chi connectivity index (χ4n) is 1.33. The number of fused-ring (bicyclic) bond motifs is 1. The minimum atomic E-state index is -1.00. The molecule has 1 aromatic carbocycles. The molecule has 2 rings (SSSR count). The number of nitrogen functional groups attached to an aromatic ring is 1. The maximum atomic E-state index is 12.1. The molecule has 0 bridgehead atoms. The minimum absolute atomic E-state index is 0.151. The second-order valence-electron chi connectivity index (χ2n) is 3.72. The van der Waals surface area contributed by atoms with E-state index in [1.807, 2.05) is 32.0 Å². The molecule has 2 aromatic rings. The highest BCUT2D eigenvalue weighted by atomic mass is 32.2. The quantitative estimate of drug-likeness (QED) is 0.857.